The largest absolute Gasteiger partial charge is 0.480 e. The van der Waals surface area contributed by atoms with Gasteiger partial charge >= 0.3 is 5.97 Å². The molecule has 0 unspecified atom stereocenters. The van der Waals surface area contributed by atoms with Gasteiger partial charge < -0.3 is 10.8 Å². The number of hydrogen-bond donors (Lipinski definition) is 2. The molecule has 0 saturated carbocycles. The Morgan fingerprint density at radius 2 is 2.27 bits per heavy atom. The topological polar surface area (TPSA) is 63.3 Å². The zero-order valence-corrected chi connectivity index (χ0v) is 8.83. The van der Waals surface area contributed by atoms with Crippen molar-refractivity contribution in [3.8, 4) is 0 Å². The molecule has 4 heteroatoms. The van der Waals surface area contributed by atoms with E-state index in [0.29, 0.717) is 6.42 Å². The molecule has 0 bridgehead atoms. The van der Waals surface area contributed by atoms with E-state index < -0.39 is 12.0 Å². The van der Waals surface area contributed by atoms with E-state index in [2.05, 4.69) is 0 Å². The fraction of sp³-hybridized carbons (Fsp3) is 0.182. The number of fused-ring (bicyclic) bond motifs is 1. The minimum absolute atomic E-state index is 0.376. The summed E-state index contributed by atoms with van der Waals surface area (Å²) in [5.41, 5.74) is 6.44. The molecule has 2 aromatic rings. The Hall–Kier alpha value is -1.39. The molecule has 2 rings (SSSR count). The second-order valence-corrected chi connectivity index (χ2v) is 4.39. The van der Waals surface area contributed by atoms with Crippen LogP contribution in [0.15, 0.2) is 29.6 Å². The van der Waals surface area contributed by atoms with Crippen molar-refractivity contribution in [3.05, 3.63) is 35.2 Å². The molecule has 0 radical (unpaired) electrons. The minimum atomic E-state index is -0.958. The summed E-state index contributed by atoms with van der Waals surface area (Å²) < 4.78 is 1.21. The van der Waals surface area contributed by atoms with Crippen LogP contribution in [0.3, 0.4) is 0 Å². The smallest absolute Gasteiger partial charge is 0.320 e. The lowest BCUT2D eigenvalue weighted by Crippen LogP contribution is -2.32. The van der Waals surface area contributed by atoms with Crippen LogP contribution in [0.25, 0.3) is 10.1 Å². The SMILES string of the molecule is N[C@@H](Cc1ccc2sccc2c1)C(=O)O. The molecule has 0 aliphatic rings. The Morgan fingerprint density at radius 3 is 3.00 bits per heavy atom. The van der Waals surface area contributed by atoms with Gasteiger partial charge in [0.2, 0.25) is 0 Å². The lowest BCUT2D eigenvalue weighted by atomic mass is 10.1. The van der Waals surface area contributed by atoms with Crippen LogP contribution >= 0.6 is 11.3 Å². The van der Waals surface area contributed by atoms with E-state index in [-0.39, 0.29) is 0 Å². The molecular weight excluding hydrogens is 210 g/mol. The van der Waals surface area contributed by atoms with Crippen molar-refractivity contribution in [1.29, 1.82) is 0 Å². The van der Waals surface area contributed by atoms with Crippen molar-refractivity contribution in [3.63, 3.8) is 0 Å². The Kier molecular flexibility index (Phi) is 2.70. The van der Waals surface area contributed by atoms with E-state index in [9.17, 15) is 4.79 Å². The van der Waals surface area contributed by atoms with Gasteiger partial charge in [-0.2, -0.15) is 0 Å². The molecule has 0 saturated heterocycles. The van der Waals surface area contributed by atoms with E-state index in [4.69, 9.17) is 10.8 Å². The van der Waals surface area contributed by atoms with E-state index in [1.165, 1.54) is 4.70 Å². The third-order valence-corrected chi connectivity index (χ3v) is 3.19. The maximum Gasteiger partial charge on any atom is 0.320 e. The van der Waals surface area contributed by atoms with Gasteiger partial charge in [-0.05, 0) is 34.9 Å². The summed E-state index contributed by atoms with van der Waals surface area (Å²) in [7, 11) is 0. The van der Waals surface area contributed by atoms with E-state index in [1.807, 2.05) is 29.6 Å². The molecular formula is C11H11NO2S. The molecule has 0 amide bonds. The number of aliphatic carboxylic acids is 1. The molecule has 0 aliphatic carbocycles. The average Bonchev–Trinajstić information content (AvgIpc) is 2.64. The normalized spacial score (nSPS) is 12.9. The monoisotopic (exact) mass is 221 g/mol. The number of hydrogen-bond acceptors (Lipinski definition) is 3. The zero-order valence-electron chi connectivity index (χ0n) is 8.01. The van der Waals surface area contributed by atoms with Crippen LogP contribution in [0.5, 0.6) is 0 Å². The average molecular weight is 221 g/mol. The second kappa shape index (κ2) is 4.00. The highest BCUT2D eigenvalue weighted by atomic mass is 32.1. The minimum Gasteiger partial charge on any atom is -0.480 e. The highest BCUT2D eigenvalue weighted by Crippen LogP contribution is 2.22. The van der Waals surface area contributed by atoms with Gasteiger partial charge in [0.15, 0.2) is 0 Å². The summed E-state index contributed by atoms with van der Waals surface area (Å²) in [6.45, 7) is 0. The third kappa shape index (κ3) is 2.16. The van der Waals surface area contributed by atoms with Gasteiger partial charge in [0, 0.05) is 4.70 Å². The number of benzene rings is 1. The fourth-order valence-corrected chi connectivity index (χ4v) is 2.26. The molecule has 1 aromatic carbocycles. The number of carboxylic acid groups (broad SMARTS) is 1. The summed E-state index contributed by atoms with van der Waals surface area (Å²) in [6.07, 6.45) is 0.376. The summed E-state index contributed by atoms with van der Waals surface area (Å²) in [6, 6.07) is 7.14. The first kappa shape index (κ1) is 10.1. The fourth-order valence-electron chi connectivity index (χ4n) is 1.48. The van der Waals surface area contributed by atoms with E-state index in [1.54, 1.807) is 11.3 Å². The van der Waals surface area contributed by atoms with Gasteiger partial charge in [0.05, 0.1) is 0 Å². The van der Waals surface area contributed by atoms with Crippen LogP contribution in [-0.2, 0) is 11.2 Å². The first-order valence-electron chi connectivity index (χ1n) is 4.61. The Balaban J connectivity index is 2.24. The number of rotatable bonds is 3. The molecule has 3 N–H and O–H groups in total. The molecule has 0 spiro atoms. The van der Waals surface area contributed by atoms with Crippen molar-refractivity contribution in [2.75, 3.05) is 0 Å². The van der Waals surface area contributed by atoms with Crippen LogP contribution in [0.2, 0.25) is 0 Å². The quantitative estimate of drug-likeness (QED) is 0.831. The Bertz CT molecular complexity index is 492. The van der Waals surface area contributed by atoms with Gasteiger partial charge in [-0.25, -0.2) is 0 Å². The van der Waals surface area contributed by atoms with Crippen LogP contribution in [0.4, 0.5) is 0 Å². The van der Waals surface area contributed by atoms with Gasteiger partial charge in [-0.3, -0.25) is 4.79 Å². The number of carboxylic acids is 1. The predicted octanol–water partition coefficient (Wildman–Crippen LogP) is 1.86. The summed E-state index contributed by atoms with van der Waals surface area (Å²) in [4.78, 5) is 10.6. The summed E-state index contributed by atoms with van der Waals surface area (Å²) >= 11 is 1.67. The highest BCUT2D eigenvalue weighted by Gasteiger charge is 2.12. The van der Waals surface area contributed by atoms with Crippen LogP contribution < -0.4 is 5.73 Å². The highest BCUT2D eigenvalue weighted by molar-refractivity contribution is 7.17. The lowest BCUT2D eigenvalue weighted by Gasteiger charge is -2.06. The zero-order chi connectivity index (χ0) is 10.8. The maximum atomic E-state index is 10.6. The molecule has 3 nitrogen and oxygen atoms in total. The van der Waals surface area contributed by atoms with Crippen LogP contribution in [0.1, 0.15) is 5.56 Å². The van der Waals surface area contributed by atoms with Crippen molar-refractivity contribution in [2.24, 2.45) is 5.73 Å². The molecule has 0 fully saturated rings. The molecule has 1 atom stereocenters. The van der Waals surface area contributed by atoms with Crippen molar-refractivity contribution in [1.82, 2.24) is 0 Å². The van der Waals surface area contributed by atoms with E-state index in [0.717, 1.165) is 10.9 Å². The number of nitrogens with two attached hydrogens (primary N) is 1. The number of thiophene rings is 1. The summed E-state index contributed by atoms with van der Waals surface area (Å²) in [5, 5.41) is 11.9. The Labute approximate surface area is 91.1 Å². The van der Waals surface area contributed by atoms with E-state index >= 15 is 0 Å². The van der Waals surface area contributed by atoms with Gasteiger partial charge in [0.1, 0.15) is 6.04 Å². The van der Waals surface area contributed by atoms with Crippen molar-refractivity contribution >= 4 is 27.4 Å². The molecule has 78 valence electrons. The first-order chi connectivity index (χ1) is 7.16. The molecule has 0 aliphatic heterocycles. The Morgan fingerprint density at radius 1 is 1.47 bits per heavy atom. The molecule has 15 heavy (non-hydrogen) atoms. The van der Waals surface area contributed by atoms with Gasteiger partial charge in [0.25, 0.3) is 0 Å². The van der Waals surface area contributed by atoms with Gasteiger partial charge in [-0.15, -0.1) is 11.3 Å². The molecule has 1 heterocycles. The van der Waals surface area contributed by atoms with Gasteiger partial charge in [-0.1, -0.05) is 12.1 Å². The van der Waals surface area contributed by atoms with Crippen LogP contribution in [0, 0.1) is 0 Å². The summed E-state index contributed by atoms with van der Waals surface area (Å²) in [5.74, 6) is -0.958. The first-order valence-corrected chi connectivity index (χ1v) is 5.49. The second-order valence-electron chi connectivity index (χ2n) is 3.44. The standard InChI is InChI=1S/C11H11NO2S/c12-9(11(13)14)6-7-1-2-10-8(5-7)3-4-15-10/h1-5,9H,6,12H2,(H,13,14)/t9-/m0/s1. The predicted molar refractivity (Wildman–Crippen MR) is 61.1 cm³/mol. The van der Waals surface area contributed by atoms with Crippen molar-refractivity contribution in [2.45, 2.75) is 12.5 Å². The molecule has 1 aromatic heterocycles. The van der Waals surface area contributed by atoms with Crippen molar-refractivity contribution < 1.29 is 9.90 Å². The maximum absolute atomic E-state index is 10.6. The third-order valence-electron chi connectivity index (χ3n) is 2.29. The lowest BCUT2D eigenvalue weighted by molar-refractivity contribution is -0.138. The number of carbonyl (C=O) groups is 1. The van der Waals surface area contributed by atoms with Crippen LogP contribution in [-0.4, -0.2) is 17.1 Å².